The van der Waals surface area contributed by atoms with Crippen molar-refractivity contribution in [3.63, 3.8) is 0 Å². The van der Waals surface area contributed by atoms with Crippen molar-refractivity contribution in [1.29, 1.82) is 0 Å². The average Bonchev–Trinajstić information content (AvgIpc) is 2.51. The van der Waals surface area contributed by atoms with Gasteiger partial charge in [-0.2, -0.15) is 13.2 Å². The van der Waals surface area contributed by atoms with Crippen LogP contribution in [0, 0.1) is 0 Å². The first-order valence-electron chi connectivity index (χ1n) is 7.78. The second kappa shape index (κ2) is 7.17. The van der Waals surface area contributed by atoms with Crippen LogP contribution in [0.4, 0.5) is 18.0 Å². The molecule has 0 radical (unpaired) electrons. The van der Waals surface area contributed by atoms with Gasteiger partial charge in [0, 0.05) is 0 Å². The summed E-state index contributed by atoms with van der Waals surface area (Å²) in [4.78, 5) is 12.1. The van der Waals surface area contributed by atoms with Crippen molar-refractivity contribution in [2.45, 2.75) is 38.6 Å². The van der Waals surface area contributed by atoms with E-state index in [1.54, 1.807) is 45.0 Å². The van der Waals surface area contributed by atoms with Gasteiger partial charge in [-0.05, 0) is 44.0 Å². The predicted octanol–water partition coefficient (Wildman–Crippen LogP) is 5.32. The van der Waals surface area contributed by atoms with Gasteiger partial charge in [-0.15, -0.1) is 0 Å². The van der Waals surface area contributed by atoms with Crippen LogP contribution in [0.5, 0.6) is 0 Å². The van der Waals surface area contributed by atoms with Crippen molar-refractivity contribution >= 4 is 6.09 Å². The van der Waals surface area contributed by atoms with Crippen LogP contribution in [0.15, 0.2) is 54.6 Å². The van der Waals surface area contributed by atoms with Gasteiger partial charge in [0.15, 0.2) is 0 Å². The highest BCUT2D eigenvalue weighted by atomic mass is 19.4. The van der Waals surface area contributed by atoms with Crippen molar-refractivity contribution in [1.82, 2.24) is 5.32 Å². The molecule has 0 fully saturated rings. The molecule has 0 spiro atoms. The molecule has 134 valence electrons. The maximum atomic E-state index is 12.7. The van der Waals surface area contributed by atoms with Crippen LogP contribution >= 0.6 is 0 Å². The summed E-state index contributed by atoms with van der Waals surface area (Å²) in [7, 11) is 0. The number of hydrogen-bond acceptors (Lipinski definition) is 2. The molecule has 0 heterocycles. The fourth-order valence-electron chi connectivity index (χ4n) is 2.29. The monoisotopic (exact) mass is 351 g/mol. The Hall–Kier alpha value is -2.50. The van der Waals surface area contributed by atoms with Gasteiger partial charge in [0.25, 0.3) is 0 Å². The molecule has 6 heteroatoms. The predicted molar refractivity (Wildman–Crippen MR) is 89.1 cm³/mol. The van der Waals surface area contributed by atoms with Crippen LogP contribution in [0.1, 0.15) is 43.5 Å². The number of nitrogens with one attached hydrogen (secondary N) is 1. The number of rotatable bonds is 3. The maximum Gasteiger partial charge on any atom is 0.416 e. The van der Waals surface area contributed by atoms with Gasteiger partial charge in [0.2, 0.25) is 0 Å². The van der Waals surface area contributed by atoms with E-state index in [4.69, 9.17) is 4.74 Å². The molecule has 2 aromatic carbocycles. The summed E-state index contributed by atoms with van der Waals surface area (Å²) in [6.07, 6.45) is -5.04. The molecule has 0 aliphatic heterocycles. The lowest BCUT2D eigenvalue weighted by Crippen LogP contribution is -2.35. The summed E-state index contributed by atoms with van der Waals surface area (Å²) in [6, 6.07) is 13.1. The largest absolute Gasteiger partial charge is 0.444 e. The maximum absolute atomic E-state index is 12.7. The molecular formula is C19H20F3NO2. The van der Waals surface area contributed by atoms with E-state index in [0.29, 0.717) is 5.56 Å². The Morgan fingerprint density at radius 3 is 1.92 bits per heavy atom. The molecule has 0 aliphatic carbocycles. The molecule has 1 amide bonds. The normalized spacial score (nSPS) is 13.2. The Labute approximate surface area is 144 Å². The van der Waals surface area contributed by atoms with Crippen LogP contribution in [0.2, 0.25) is 0 Å². The minimum absolute atomic E-state index is 0.532. The lowest BCUT2D eigenvalue weighted by molar-refractivity contribution is -0.137. The number of alkyl halides is 3. The topological polar surface area (TPSA) is 38.3 Å². The van der Waals surface area contributed by atoms with Crippen LogP contribution < -0.4 is 5.32 Å². The number of alkyl carbamates (subject to hydrolysis) is 1. The SMILES string of the molecule is CC(C)(C)OC(=O)N[C@H](c1ccccc1)c1ccc(C(F)(F)F)cc1. The van der Waals surface area contributed by atoms with Crippen LogP contribution in [0.3, 0.4) is 0 Å². The summed E-state index contributed by atoms with van der Waals surface area (Å²) in [5.41, 5.74) is -0.135. The van der Waals surface area contributed by atoms with Crippen LogP contribution in [-0.2, 0) is 10.9 Å². The van der Waals surface area contributed by atoms with Crippen molar-refractivity contribution in [2.75, 3.05) is 0 Å². The highest BCUT2D eigenvalue weighted by Gasteiger charge is 2.30. The zero-order chi connectivity index (χ0) is 18.7. The molecule has 0 saturated heterocycles. The van der Waals surface area contributed by atoms with E-state index < -0.39 is 29.5 Å². The fraction of sp³-hybridized carbons (Fsp3) is 0.316. The number of halogens is 3. The van der Waals surface area contributed by atoms with E-state index in [0.717, 1.165) is 17.7 Å². The van der Waals surface area contributed by atoms with Gasteiger partial charge in [-0.25, -0.2) is 4.79 Å². The van der Waals surface area contributed by atoms with E-state index in [1.807, 2.05) is 6.07 Å². The average molecular weight is 351 g/mol. The highest BCUT2D eigenvalue weighted by molar-refractivity contribution is 5.69. The lowest BCUT2D eigenvalue weighted by Gasteiger charge is -2.24. The third-order valence-corrected chi connectivity index (χ3v) is 3.37. The molecule has 2 rings (SSSR count). The third kappa shape index (κ3) is 5.52. The molecular weight excluding hydrogens is 331 g/mol. The molecule has 0 aromatic heterocycles. The molecule has 1 atom stereocenters. The Balaban J connectivity index is 2.31. The van der Waals surface area contributed by atoms with Crippen molar-refractivity contribution in [2.24, 2.45) is 0 Å². The zero-order valence-electron chi connectivity index (χ0n) is 14.2. The van der Waals surface area contributed by atoms with Crippen LogP contribution in [-0.4, -0.2) is 11.7 Å². The Morgan fingerprint density at radius 1 is 0.920 bits per heavy atom. The van der Waals surface area contributed by atoms with Gasteiger partial charge in [-0.1, -0.05) is 42.5 Å². The number of amides is 1. The molecule has 1 N–H and O–H groups in total. The van der Waals surface area contributed by atoms with E-state index in [1.165, 1.54) is 12.1 Å². The van der Waals surface area contributed by atoms with Crippen molar-refractivity contribution in [3.05, 3.63) is 71.3 Å². The smallest absolute Gasteiger partial charge is 0.416 e. The number of carbonyl (C=O) groups excluding carboxylic acids is 1. The van der Waals surface area contributed by atoms with Gasteiger partial charge in [0.05, 0.1) is 11.6 Å². The summed E-state index contributed by atoms with van der Waals surface area (Å²) in [6.45, 7) is 5.21. The number of ether oxygens (including phenoxy) is 1. The second-order valence-electron chi connectivity index (χ2n) is 6.61. The lowest BCUT2D eigenvalue weighted by atomic mass is 9.98. The minimum atomic E-state index is -4.40. The molecule has 0 bridgehead atoms. The molecule has 0 saturated carbocycles. The van der Waals surface area contributed by atoms with Gasteiger partial charge in [-0.3, -0.25) is 0 Å². The van der Waals surface area contributed by atoms with Gasteiger partial charge >= 0.3 is 12.3 Å². The standard InChI is InChI=1S/C19H20F3NO2/c1-18(2,3)25-17(24)23-16(13-7-5-4-6-8-13)14-9-11-15(12-10-14)19(20,21)22/h4-12,16H,1-3H3,(H,23,24)/t16-/m1/s1. The number of carbonyl (C=O) groups is 1. The third-order valence-electron chi connectivity index (χ3n) is 3.37. The van der Waals surface area contributed by atoms with Gasteiger partial charge in [0.1, 0.15) is 5.60 Å². The summed E-state index contributed by atoms with van der Waals surface area (Å²) in [5, 5.41) is 2.72. The van der Waals surface area contributed by atoms with E-state index in [-0.39, 0.29) is 0 Å². The van der Waals surface area contributed by atoms with E-state index in [2.05, 4.69) is 5.32 Å². The van der Waals surface area contributed by atoms with Crippen molar-refractivity contribution in [3.8, 4) is 0 Å². The quantitative estimate of drug-likeness (QED) is 0.813. The molecule has 0 unspecified atom stereocenters. The second-order valence-corrected chi connectivity index (χ2v) is 6.61. The number of benzene rings is 2. The first-order valence-corrected chi connectivity index (χ1v) is 7.78. The molecule has 3 nitrogen and oxygen atoms in total. The Bertz CT molecular complexity index is 704. The first-order chi connectivity index (χ1) is 11.6. The van der Waals surface area contributed by atoms with Crippen molar-refractivity contribution < 1.29 is 22.7 Å². The zero-order valence-corrected chi connectivity index (χ0v) is 14.2. The van der Waals surface area contributed by atoms with E-state index in [9.17, 15) is 18.0 Å². The van der Waals surface area contributed by atoms with Crippen LogP contribution in [0.25, 0.3) is 0 Å². The number of hydrogen-bond donors (Lipinski definition) is 1. The first kappa shape index (κ1) is 18.8. The Morgan fingerprint density at radius 2 is 1.44 bits per heavy atom. The molecule has 25 heavy (non-hydrogen) atoms. The molecule has 0 aliphatic rings. The van der Waals surface area contributed by atoms with Gasteiger partial charge < -0.3 is 10.1 Å². The fourth-order valence-corrected chi connectivity index (χ4v) is 2.29. The summed E-state index contributed by atoms with van der Waals surface area (Å²) >= 11 is 0. The summed E-state index contributed by atoms with van der Waals surface area (Å²) in [5.74, 6) is 0. The molecule has 2 aromatic rings. The summed E-state index contributed by atoms with van der Waals surface area (Å²) < 4.78 is 43.5. The minimum Gasteiger partial charge on any atom is -0.444 e. The Kier molecular flexibility index (Phi) is 5.40. The van der Waals surface area contributed by atoms with E-state index >= 15 is 0 Å². The highest BCUT2D eigenvalue weighted by Crippen LogP contribution is 2.31.